The molecule has 0 saturated carbocycles. The molecule has 0 bridgehead atoms. The lowest BCUT2D eigenvalue weighted by atomic mass is 9.99. The molecule has 0 aliphatic rings. The second kappa shape index (κ2) is 6.77. The monoisotopic (exact) mass is 293 g/mol. The fourth-order valence-corrected chi connectivity index (χ4v) is 1.89. The average Bonchev–Trinajstić information content (AvgIpc) is 2.56. The lowest BCUT2D eigenvalue weighted by Crippen LogP contribution is -2.44. The zero-order valence-corrected chi connectivity index (χ0v) is 12.8. The van der Waals surface area contributed by atoms with Crippen LogP contribution in [0, 0.1) is 12.3 Å². The van der Waals surface area contributed by atoms with Crippen molar-refractivity contribution >= 4 is 17.4 Å². The molecule has 0 saturated heterocycles. The van der Waals surface area contributed by atoms with Crippen LogP contribution in [0.1, 0.15) is 30.6 Å². The molecule has 2 N–H and O–H groups in total. The molecule has 0 aliphatic heterocycles. The van der Waals surface area contributed by atoms with Crippen LogP contribution in [-0.4, -0.2) is 16.4 Å². The van der Waals surface area contributed by atoms with Gasteiger partial charge in [0, 0.05) is 11.9 Å². The van der Waals surface area contributed by atoms with E-state index in [2.05, 4.69) is 21.5 Å². The molecule has 112 valence electrons. The summed E-state index contributed by atoms with van der Waals surface area (Å²) in [4.78, 5) is 16.8. The number of nitrogens with zero attached hydrogens (tertiary/aromatic N) is 1. The third-order valence-electron chi connectivity index (χ3n) is 3.50. The normalized spacial score (nSPS) is 12.8. The van der Waals surface area contributed by atoms with Gasteiger partial charge in [0.25, 0.3) is 5.91 Å². The number of hydrogen-bond donors (Lipinski definition) is 2. The Morgan fingerprint density at radius 2 is 2.00 bits per heavy atom. The van der Waals surface area contributed by atoms with E-state index in [-0.39, 0.29) is 5.91 Å². The van der Waals surface area contributed by atoms with Crippen molar-refractivity contribution in [1.29, 1.82) is 0 Å². The number of anilines is 2. The van der Waals surface area contributed by atoms with Crippen LogP contribution in [-0.2, 0) is 0 Å². The largest absolute Gasteiger partial charge is 0.340 e. The summed E-state index contributed by atoms with van der Waals surface area (Å²) in [6.45, 7) is 3.76. The maximum absolute atomic E-state index is 12.5. The molecule has 1 aromatic heterocycles. The van der Waals surface area contributed by atoms with Gasteiger partial charge in [-0.1, -0.05) is 31.0 Å². The van der Waals surface area contributed by atoms with Crippen LogP contribution < -0.4 is 10.6 Å². The number of hydrogen-bond acceptors (Lipinski definition) is 3. The van der Waals surface area contributed by atoms with Gasteiger partial charge in [-0.05, 0) is 37.6 Å². The Morgan fingerprint density at radius 1 is 1.27 bits per heavy atom. The first-order valence-electron chi connectivity index (χ1n) is 7.15. The van der Waals surface area contributed by atoms with E-state index in [1.165, 1.54) is 0 Å². The summed E-state index contributed by atoms with van der Waals surface area (Å²) < 4.78 is 0. The topological polar surface area (TPSA) is 54.0 Å². The number of terminal acetylenes is 1. The zero-order chi connectivity index (χ0) is 16.0. The number of amides is 1. The van der Waals surface area contributed by atoms with Crippen LogP contribution in [0.25, 0.3) is 0 Å². The van der Waals surface area contributed by atoms with Crippen molar-refractivity contribution in [3.8, 4) is 12.3 Å². The summed E-state index contributed by atoms with van der Waals surface area (Å²) in [5.74, 6) is 2.88. The quantitative estimate of drug-likeness (QED) is 0.831. The van der Waals surface area contributed by atoms with Gasteiger partial charge < -0.3 is 10.6 Å². The van der Waals surface area contributed by atoms with Crippen LogP contribution in [0.5, 0.6) is 0 Å². The van der Waals surface area contributed by atoms with E-state index in [9.17, 15) is 4.79 Å². The summed E-state index contributed by atoms with van der Waals surface area (Å²) in [6, 6.07) is 13.0. The predicted octanol–water partition coefficient (Wildman–Crippen LogP) is 3.36. The first kappa shape index (κ1) is 15.6. The third kappa shape index (κ3) is 3.64. The number of benzene rings is 1. The van der Waals surface area contributed by atoms with Crippen LogP contribution in [0.2, 0.25) is 0 Å². The Labute approximate surface area is 131 Å². The Bertz CT molecular complexity index is 691. The van der Waals surface area contributed by atoms with E-state index < -0.39 is 5.54 Å². The lowest BCUT2D eigenvalue weighted by molar-refractivity contribution is 0.0924. The van der Waals surface area contributed by atoms with Crippen molar-refractivity contribution in [3.63, 3.8) is 0 Å². The molecule has 0 unspecified atom stereocenters. The lowest BCUT2D eigenvalue weighted by Gasteiger charge is -2.24. The molecule has 0 spiro atoms. The Morgan fingerprint density at radius 3 is 2.64 bits per heavy atom. The Balaban J connectivity index is 2.25. The first-order chi connectivity index (χ1) is 10.6. The number of carbonyl (C=O) groups excluding carboxylic acids is 1. The minimum absolute atomic E-state index is 0.242. The number of rotatable bonds is 5. The average molecular weight is 293 g/mol. The number of para-hydroxylation sites is 1. The number of nitrogens with one attached hydrogen (secondary N) is 2. The number of pyridine rings is 1. The molecule has 0 fully saturated rings. The van der Waals surface area contributed by atoms with Gasteiger partial charge in [-0.3, -0.25) is 4.79 Å². The van der Waals surface area contributed by atoms with Gasteiger partial charge in [-0.15, -0.1) is 6.42 Å². The third-order valence-corrected chi connectivity index (χ3v) is 3.50. The van der Waals surface area contributed by atoms with Crippen molar-refractivity contribution in [2.75, 3.05) is 5.32 Å². The van der Waals surface area contributed by atoms with Crippen LogP contribution in [0.3, 0.4) is 0 Å². The number of carbonyl (C=O) groups is 1. The second-order valence-electron chi connectivity index (χ2n) is 5.17. The SMILES string of the molecule is C#C[C@](C)(CC)NC(=O)c1cccnc1Nc1ccccc1. The highest BCUT2D eigenvalue weighted by molar-refractivity contribution is 5.99. The van der Waals surface area contributed by atoms with Gasteiger partial charge >= 0.3 is 0 Å². The molecule has 1 atom stereocenters. The predicted molar refractivity (Wildman–Crippen MR) is 89.0 cm³/mol. The van der Waals surface area contributed by atoms with Crippen molar-refractivity contribution in [2.45, 2.75) is 25.8 Å². The summed E-state index contributed by atoms with van der Waals surface area (Å²) in [5.41, 5.74) is 0.656. The van der Waals surface area contributed by atoms with Gasteiger partial charge in [0.1, 0.15) is 5.82 Å². The zero-order valence-electron chi connectivity index (χ0n) is 12.8. The van der Waals surface area contributed by atoms with Crippen LogP contribution in [0.15, 0.2) is 48.7 Å². The van der Waals surface area contributed by atoms with E-state index >= 15 is 0 Å². The van der Waals surface area contributed by atoms with E-state index in [0.29, 0.717) is 17.8 Å². The van der Waals surface area contributed by atoms with Crippen molar-refractivity contribution in [3.05, 3.63) is 54.2 Å². The summed E-state index contributed by atoms with van der Waals surface area (Å²) >= 11 is 0. The molecule has 4 heteroatoms. The maximum atomic E-state index is 12.5. The maximum Gasteiger partial charge on any atom is 0.256 e. The summed E-state index contributed by atoms with van der Waals surface area (Å²) in [7, 11) is 0. The van der Waals surface area contributed by atoms with Crippen molar-refractivity contribution in [2.24, 2.45) is 0 Å². The van der Waals surface area contributed by atoms with E-state index in [4.69, 9.17) is 6.42 Å². The molecule has 2 aromatic rings. The smallest absolute Gasteiger partial charge is 0.256 e. The Kier molecular flexibility index (Phi) is 4.80. The van der Waals surface area contributed by atoms with Gasteiger partial charge in [-0.2, -0.15) is 0 Å². The van der Waals surface area contributed by atoms with E-state index in [0.717, 1.165) is 5.69 Å². The molecule has 1 amide bonds. The van der Waals surface area contributed by atoms with Crippen molar-refractivity contribution < 1.29 is 4.79 Å². The summed E-state index contributed by atoms with van der Waals surface area (Å²) in [5, 5.41) is 6.03. The molecule has 1 heterocycles. The molecule has 22 heavy (non-hydrogen) atoms. The molecular formula is C18H19N3O. The highest BCUT2D eigenvalue weighted by Gasteiger charge is 2.23. The Hall–Kier alpha value is -2.80. The molecule has 4 nitrogen and oxygen atoms in total. The molecule has 1 aromatic carbocycles. The van der Waals surface area contributed by atoms with Crippen molar-refractivity contribution in [1.82, 2.24) is 10.3 Å². The molecule has 2 rings (SSSR count). The highest BCUT2D eigenvalue weighted by atomic mass is 16.1. The van der Waals surface area contributed by atoms with Gasteiger partial charge in [0.2, 0.25) is 0 Å². The fraction of sp³-hybridized carbons (Fsp3) is 0.222. The molecule has 0 radical (unpaired) electrons. The number of aromatic nitrogens is 1. The minimum atomic E-state index is -0.670. The van der Waals surface area contributed by atoms with Crippen LogP contribution >= 0.6 is 0 Å². The van der Waals surface area contributed by atoms with Gasteiger partial charge in [0.05, 0.1) is 11.1 Å². The first-order valence-corrected chi connectivity index (χ1v) is 7.15. The van der Waals surface area contributed by atoms with E-state index in [1.54, 1.807) is 18.3 Å². The second-order valence-corrected chi connectivity index (χ2v) is 5.17. The van der Waals surface area contributed by atoms with Gasteiger partial charge in [0.15, 0.2) is 0 Å². The fourth-order valence-electron chi connectivity index (χ4n) is 1.89. The highest BCUT2D eigenvalue weighted by Crippen LogP contribution is 2.19. The summed E-state index contributed by atoms with van der Waals surface area (Å²) in [6.07, 6.45) is 7.80. The standard InChI is InChI=1S/C18H19N3O/c1-4-18(3,5-2)21-17(22)15-12-9-13-19-16(15)20-14-10-7-6-8-11-14/h1,6-13H,5H2,2-3H3,(H,19,20)(H,21,22)/t18-/m1/s1. The molecule has 0 aliphatic carbocycles. The molecular weight excluding hydrogens is 274 g/mol. The van der Waals surface area contributed by atoms with E-state index in [1.807, 2.05) is 44.2 Å². The van der Waals surface area contributed by atoms with Crippen LogP contribution in [0.4, 0.5) is 11.5 Å². The van der Waals surface area contributed by atoms with Gasteiger partial charge in [-0.25, -0.2) is 4.98 Å². The minimum Gasteiger partial charge on any atom is -0.340 e.